The molecule has 0 radical (unpaired) electrons. The molecule has 1 aliphatic rings. The first-order valence-corrected chi connectivity index (χ1v) is 5.43. The summed E-state index contributed by atoms with van der Waals surface area (Å²) in [6.45, 7) is 0. The molecule has 5 nitrogen and oxygen atoms in total. The minimum atomic E-state index is -0.382. The minimum absolute atomic E-state index is 0.382. The number of nitrogens with zero attached hydrogens (tertiary/aromatic N) is 4. The summed E-state index contributed by atoms with van der Waals surface area (Å²) in [4.78, 5) is 0. The van der Waals surface area contributed by atoms with Crippen molar-refractivity contribution in [2.75, 3.05) is 6.26 Å². The number of aromatic nitrogens is 4. The Kier molecular flexibility index (Phi) is 2.64. The summed E-state index contributed by atoms with van der Waals surface area (Å²) in [5, 5.41) is 21.3. The molecule has 0 amide bonds. The molecule has 1 heterocycles. The summed E-state index contributed by atoms with van der Waals surface area (Å²) in [6.07, 6.45) is 7.63. The number of hydrogen-bond donors (Lipinski definition) is 1. The van der Waals surface area contributed by atoms with E-state index in [2.05, 4.69) is 15.5 Å². The molecule has 0 spiro atoms. The van der Waals surface area contributed by atoms with Crippen LogP contribution in [0.25, 0.3) is 5.70 Å². The molecule has 1 aromatic rings. The smallest absolute Gasteiger partial charge is 0.213 e. The second kappa shape index (κ2) is 3.93. The molecule has 14 heavy (non-hydrogen) atoms. The molecule has 1 atom stereocenters. The van der Waals surface area contributed by atoms with Crippen molar-refractivity contribution in [3.63, 3.8) is 0 Å². The first-order valence-electron chi connectivity index (χ1n) is 4.20. The Hall–Kier alpha value is -1.14. The lowest BCUT2D eigenvalue weighted by Crippen LogP contribution is -2.08. The molecule has 1 aliphatic carbocycles. The molecule has 6 heteroatoms. The molecule has 1 unspecified atom stereocenters. The third-order valence-corrected chi connectivity index (χ3v) is 2.55. The predicted molar refractivity (Wildman–Crippen MR) is 53.6 cm³/mol. The number of aliphatic hydroxyl groups excluding tert-OH is 1. The summed E-state index contributed by atoms with van der Waals surface area (Å²) in [7, 11) is 0. The second-order valence-electron chi connectivity index (χ2n) is 2.87. The molecule has 0 bridgehead atoms. The van der Waals surface area contributed by atoms with E-state index < -0.39 is 0 Å². The van der Waals surface area contributed by atoms with Gasteiger partial charge >= 0.3 is 0 Å². The van der Waals surface area contributed by atoms with Crippen LogP contribution in [0, 0.1) is 0 Å². The van der Waals surface area contributed by atoms with Crippen LogP contribution in [0.4, 0.5) is 0 Å². The standard InChI is InChI=1S/C8H10N4OS/c1-14-8-9-10-11-12(8)6-2-4-7(13)5-3-6/h2-4,7,13H,5H2,1H3. The van der Waals surface area contributed by atoms with Crippen molar-refractivity contribution in [1.82, 2.24) is 20.2 Å². The zero-order valence-corrected chi connectivity index (χ0v) is 8.48. The van der Waals surface area contributed by atoms with Crippen molar-refractivity contribution < 1.29 is 5.11 Å². The molecular weight excluding hydrogens is 200 g/mol. The Labute approximate surface area is 85.5 Å². The Bertz CT molecular complexity index is 384. The summed E-state index contributed by atoms with van der Waals surface area (Å²) >= 11 is 1.49. The van der Waals surface area contributed by atoms with E-state index in [-0.39, 0.29) is 6.10 Å². The van der Waals surface area contributed by atoms with Crippen LogP contribution in [-0.2, 0) is 0 Å². The third kappa shape index (κ3) is 1.71. The third-order valence-electron chi connectivity index (χ3n) is 1.93. The van der Waals surface area contributed by atoms with Gasteiger partial charge < -0.3 is 5.11 Å². The fraction of sp³-hybridized carbons (Fsp3) is 0.375. The van der Waals surface area contributed by atoms with Gasteiger partial charge in [-0.15, -0.1) is 5.10 Å². The quantitative estimate of drug-likeness (QED) is 0.722. The van der Waals surface area contributed by atoms with Gasteiger partial charge in [-0.25, -0.2) is 0 Å². The highest BCUT2D eigenvalue weighted by Crippen LogP contribution is 2.19. The van der Waals surface area contributed by atoms with Crippen molar-refractivity contribution in [1.29, 1.82) is 0 Å². The van der Waals surface area contributed by atoms with Crippen LogP contribution >= 0.6 is 11.8 Å². The van der Waals surface area contributed by atoms with Gasteiger partial charge in [0.2, 0.25) is 5.16 Å². The molecule has 74 valence electrons. The first-order chi connectivity index (χ1) is 6.81. The molecule has 0 fully saturated rings. The average molecular weight is 210 g/mol. The van der Waals surface area contributed by atoms with Gasteiger partial charge in [0.05, 0.1) is 11.8 Å². The lowest BCUT2D eigenvalue weighted by Gasteiger charge is -2.10. The highest BCUT2D eigenvalue weighted by Gasteiger charge is 2.11. The Morgan fingerprint density at radius 1 is 1.64 bits per heavy atom. The number of thioether (sulfide) groups is 1. The number of allylic oxidation sites excluding steroid dienone is 2. The molecule has 0 aromatic carbocycles. The van der Waals surface area contributed by atoms with E-state index in [0.717, 1.165) is 10.9 Å². The van der Waals surface area contributed by atoms with E-state index in [1.165, 1.54) is 11.8 Å². The maximum Gasteiger partial charge on any atom is 0.213 e. The number of aliphatic hydroxyl groups is 1. The SMILES string of the molecule is CSc1nnnn1C1=CCC(O)C=C1. The van der Waals surface area contributed by atoms with Crippen LogP contribution in [0.1, 0.15) is 6.42 Å². The largest absolute Gasteiger partial charge is 0.389 e. The van der Waals surface area contributed by atoms with Crippen LogP contribution in [-0.4, -0.2) is 37.7 Å². The van der Waals surface area contributed by atoms with Crippen molar-refractivity contribution in [2.24, 2.45) is 0 Å². The molecule has 0 saturated heterocycles. The van der Waals surface area contributed by atoms with Crippen molar-refractivity contribution in [3.8, 4) is 0 Å². The van der Waals surface area contributed by atoms with Gasteiger partial charge in [0.15, 0.2) is 0 Å². The Balaban J connectivity index is 2.28. The topological polar surface area (TPSA) is 63.8 Å². The lowest BCUT2D eigenvalue weighted by molar-refractivity contribution is 0.225. The maximum atomic E-state index is 9.25. The van der Waals surface area contributed by atoms with Crippen LogP contribution in [0.2, 0.25) is 0 Å². The summed E-state index contributed by atoms with van der Waals surface area (Å²) in [5.74, 6) is 0. The van der Waals surface area contributed by atoms with Crippen molar-refractivity contribution >= 4 is 17.5 Å². The zero-order valence-electron chi connectivity index (χ0n) is 7.66. The van der Waals surface area contributed by atoms with Gasteiger partial charge in [-0.05, 0) is 29.2 Å². The maximum absolute atomic E-state index is 9.25. The average Bonchev–Trinajstić information content (AvgIpc) is 2.67. The number of tetrazole rings is 1. The molecule has 0 saturated carbocycles. The minimum Gasteiger partial charge on any atom is -0.389 e. The number of hydrogen-bond acceptors (Lipinski definition) is 5. The van der Waals surface area contributed by atoms with Gasteiger partial charge in [-0.3, -0.25) is 0 Å². The van der Waals surface area contributed by atoms with E-state index in [9.17, 15) is 5.11 Å². The van der Waals surface area contributed by atoms with Gasteiger partial charge in [0, 0.05) is 0 Å². The van der Waals surface area contributed by atoms with E-state index >= 15 is 0 Å². The van der Waals surface area contributed by atoms with Crippen LogP contribution in [0.5, 0.6) is 0 Å². The monoisotopic (exact) mass is 210 g/mol. The van der Waals surface area contributed by atoms with Gasteiger partial charge in [0.25, 0.3) is 0 Å². The summed E-state index contributed by atoms with van der Waals surface area (Å²) in [5.41, 5.74) is 0.907. The fourth-order valence-electron chi connectivity index (χ4n) is 1.22. The second-order valence-corrected chi connectivity index (χ2v) is 3.64. The lowest BCUT2D eigenvalue weighted by atomic mass is 10.1. The fourth-order valence-corrected chi connectivity index (χ4v) is 1.66. The summed E-state index contributed by atoms with van der Waals surface area (Å²) in [6, 6.07) is 0. The van der Waals surface area contributed by atoms with Gasteiger partial charge in [-0.2, -0.15) is 4.68 Å². The van der Waals surface area contributed by atoms with Crippen LogP contribution in [0.3, 0.4) is 0 Å². The van der Waals surface area contributed by atoms with Gasteiger partial charge in [-0.1, -0.05) is 23.9 Å². The van der Waals surface area contributed by atoms with Crippen LogP contribution < -0.4 is 0 Å². The van der Waals surface area contributed by atoms with Crippen LogP contribution in [0.15, 0.2) is 23.4 Å². The van der Waals surface area contributed by atoms with E-state index in [1.54, 1.807) is 10.8 Å². The van der Waals surface area contributed by atoms with E-state index in [0.29, 0.717) is 6.42 Å². The zero-order chi connectivity index (χ0) is 9.97. The molecule has 0 aliphatic heterocycles. The van der Waals surface area contributed by atoms with Gasteiger partial charge in [0.1, 0.15) is 0 Å². The predicted octanol–water partition coefficient (Wildman–Crippen LogP) is 0.557. The molecule has 1 N–H and O–H groups in total. The normalized spacial score (nSPS) is 21.0. The first kappa shape index (κ1) is 9.42. The molecular formula is C8H10N4OS. The number of rotatable bonds is 2. The van der Waals surface area contributed by atoms with E-state index in [1.807, 2.05) is 18.4 Å². The van der Waals surface area contributed by atoms with E-state index in [4.69, 9.17) is 0 Å². The highest BCUT2D eigenvalue weighted by molar-refractivity contribution is 7.98. The van der Waals surface area contributed by atoms with Crippen molar-refractivity contribution in [3.05, 3.63) is 18.2 Å². The molecule has 1 aromatic heterocycles. The van der Waals surface area contributed by atoms with Crippen molar-refractivity contribution in [2.45, 2.75) is 17.7 Å². The Morgan fingerprint density at radius 2 is 2.50 bits per heavy atom. The highest BCUT2D eigenvalue weighted by atomic mass is 32.2. The molecule has 2 rings (SSSR count). The Morgan fingerprint density at radius 3 is 3.14 bits per heavy atom. The summed E-state index contributed by atoms with van der Waals surface area (Å²) < 4.78 is 1.66.